The van der Waals surface area contributed by atoms with E-state index in [1.54, 1.807) is 36.4 Å². The van der Waals surface area contributed by atoms with Crippen molar-refractivity contribution < 1.29 is 38.5 Å². The summed E-state index contributed by atoms with van der Waals surface area (Å²) in [5.74, 6) is -1.46. The van der Waals surface area contributed by atoms with E-state index in [1.165, 1.54) is 32.4 Å². The Labute approximate surface area is 255 Å². The topological polar surface area (TPSA) is 168 Å². The van der Waals surface area contributed by atoms with Gasteiger partial charge in [-0.25, -0.2) is 4.79 Å². The monoisotopic (exact) mass is 607 g/mol. The van der Waals surface area contributed by atoms with Gasteiger partial charge >= 0.3 is 12.0 Å². The third kappa shape index (κ3) is 10.1. The standard InChI is InChI=1S/C31H37N5O8/c1-20-7-5-6-8-23(20)34-31(41)35-25-11-9-21(15-27(25)43-4)16-28(37)33-22-10-12-24(32-18-22)26(17-30(39)40)36(2)29(38)19-44-14-13-42-3/h5-12,15,18,26H,13-14,16-17,19H2,1-4H3,(H,33,37)(H,39,40)(H2,34,35,41). The molecule has 0 fully saturated rings. The van der Waals surface area contributed by atoms with Gasteiger partial charge in [0.1, 0.15) is 12.4 Å². The van der Waals surface area contributed by atoms with Crippen LogP contribution in [-0.2, 0) is 30.3 Å². The second kappa shape index (κ2) is 16.6. The first-order valence-corrected chi connectivity index (χ1v) is 13.7. The number of nitrogens with one attached hydrogen (secondary N) is 3. The number of carboxylic acids is 1. The number of aromatic nitrogens is 1. The minimum Gasteiger partial charge on any atom is -0.495 e. The summed E-state index contributed by atoms with van der Waals surface area (Å²) >= 11 is 0. The van der Waals surface area contributed by atoms with E-state index in [1.807, 2.05) is 25.1 Å². The average Bonchev–Trinajstić information content (AvgIpc) is 3.00. The van der Waals surface area contributed by atoms with Gasteiger partial charge in [-0.2, -0.15) is 0 Å². The molecule has 1 unspecified atom stereocenters. The smallest absolute Gasteiger partial charge is 0.323 e. The first-order valence-electron chi connectivity index (χ1n) is 13.7. The van der Waals surface area contributed by atoms with Crippen molar-refractivity contribution >= 4 is 40.9 Å². The van der Waals surface area contributed by atoms with Gasteiger partial charge in [-0.1, -0.05) is 24.3 Å². The summed E-state index contributed by atoms with van der Waals surface area (Å²) in [5.41, 5.74) is 3.41. The van der Waals surface area contributed by atoms with Gasteiger partial charge in [0.2, 0.25) is 11.8 Å². The zero-order chi connectivity index (χ0) is 32.1. The van der Waals surface area contributed by atoms with Crippen molar-refractivity contribution in [1.82, 2.24) is 9.88 Å². The zero-order valence-electron chi connectivity index (χ0n) is 25.1. The Kier molecular flexibility index (Phi) is 12.6. The number of carboxylic acid groups (broad SMARTS) is 1. The molecule has 0 radical (unpaired) electrons. The highest BCUT2D eigenvalue weighted by Gasteiger charge is 2.25. The first kappa shape index (κ1) is 33.5. The first-order chi connectivity index (χ1) is 21.1. The van der Waals surface area contributed by atoms with Crippen LogP contribution >= 0.6 is 0 Å². The molecule has 13 nitrogen and oxygen atoms in total. The molecule has 13 heteroatoms. The van der Waals surface area contributed by atoms with Crippen molar-refractivity contribution in [2.45, 2.75) is 25.8 Å². The normalized spacial score (nSPS) is 11.3. The maximum absolute atomic E-state index is 12.8. The van der Waals surface area contributed by atoms with Crippen LogP contribution in [0.3, 0.4) is 0 Å². The number of aryl methyl sites for hydroxylation is 1. The number of hydrogen-bond acceptors (Lipinski definition) is 8. The van der Waals surface area contributed by atoms with Gasteiger partial charge in [0.15, 0.2) is 0 Å². The zero-order valence-corrected chi connectivity index (χ0v) is 25.1. The van der Waals surface area contributed by atoms with Gasteiger partial charge in [0, 0.05) is 19.8 Å². The molecule has 0 aliphatic carbocycles. The van der Waals surface area contributed by atoms with Crippen LogP contribution in [-0.4, -0.2) is 79.9 Å². The number of pyridine rings is 1. The molecular formula is C31H37N5O8. The molecule has 1 heterocycles. The lowest BCUT2D eigenvalue weighted by Crippen LogP contribution is -2.36. The van der Waals surface area contributed by atoms with Crippen molar-refractivity contribution in [2.75, 3.05) is 57.0 Å². The highest BCUT2D eigenvalue weighted by molar-refractivity contribution is 6.01. The largest absolute Gasteiger partial charge is 0.495 e. The molecule has 3 aromatic rings. The molecule has 4 N–H and O–H groups in total. The molecular weight excluding hydrogens is 570 g/mol. The SMILES string of the molecule is COCCOCC(=O)N(C)C(CC(=O)O)c1ccc(NC(=O)Cc2ccc(NC(=O)Nc3ccccc3C)c(OC)c2)cn1. The maximum atomic E-state index is 12.8. The van der Waals surface area contributed by atoms with Crippen LogP contribution in [0, 0.1) is 6.92 Å². The number of para-hydroxylation sites is 1. The molecule has 4 amide bonds. The van der Waals surface area contributed by atoms with Gasteiger partial charge in [-0.05, 0) is 48.4 Å². The van der Waals surface area contributed by atoms with E-state index >= 15 is 0 Å². The fourth-order valence-corrected chi connectivity index (χ4v) is 4.19. The number of likely N-dealkylation sites (N-methyl/N-ethyl adjacent to an activating group) is 1. The Balaban J connectivity index is 1.60. The number of carbonyl (C=O) groups excluding carboxylic acids is 3. The number of carbonyl (C=O) groups is 4. The molecule has 0 aliphatic heterocycles. The van der Waals surface area contributed by atoms with Crippen molar-refractivity contribution in [2.24, 2.45) is 0 Å². The summed E-state index contributed by atoms with van der Waals surface area (Å²) in [5, 5.41) is 17.7. The predicted molar refractivity (Wildman–Crippen MR) is 164 cm³/mol. The highest BCUT2D eigenvalue weighted by Crippen LogP contribution is 2.27. The van der Waals surface area contributed by atoms with Crippen molar-refractivity contribution in [1.29, 1.82) is 0 Å². The quantitative estimate of drug-likeness (QED) is 0.188. The Bertz CT molecular complexity index is 1450. The lowest BCUT2D eigenvalue weighted by molar-refractivity contribution is -0.142. The van der Waals surface area contributed by atoms with E-state index < -0.39 is 23.9 Å². The third-order valence-electron chi connectivity index (χ3n) is 6.57. The van der Waals surface area contributed by atoms with Crippen LogP contribution in [0.2, 0.25) is 0 Å². The highest BCUT2D eigenvalue weighted by atomic mass is 16.5. The fraction of sp³-hybridized carbons (Fsp3) is 0.323. The lowest BCUT2D eigenvalue weighted by Gasteiger charge is -2.26. The average molecular weight is 608 g/mol. The number of benzene rings is 2. The summed E-state index contributed by atoms with van der Waals surface area (Å²) < 4.78 is 15.6. The number of rotatable bonds is 15. The predicted octanol–water partition coefficient (Wildman–Crippen LogP) is 3.86. The molecule has 0 aliphatic rings. The van der Waals surface area contributed by atoms with E-state index in [9.17, 15) is 24.3 Å². The third-order valence-corrected chi connectivity index (χ3v) is 6.57. The summed E-state index contributed by atoms with van der Waals surface area (Å²) in [4.78, 5) is 54.9. The van der Waals surface area contributed by atoms with Crippen LogP contribution in [0.15, 0.2) is 60.8 Å². The van der Waals surface area contributed by atoms with Gasteiger partial charge in [0.05, 0.1) is 62.5 Å². The minimum atomic E-state index is -1.10. The fourth-order valence-electron chi connectivity index (χ4n) is 4.19. The summed E-state index contributed by atoms with van der Waals surface area (Å²) in [6.45, 7) is 2.22. The van der Waals surface area contributed by atoms with Crippen molar-refractivity contribution in [3.05, 3.63) is 77.6 Å². The Morgan fingerprint density at radius 2 is 1.70 bits per heavy atom. The van der Waals surface area contributed by atoms with Crippen LogP contribution < -0.4 is 20.7 Å². The molecule has 1 aromatic heterocycles. The summed E-state index contributed by atoms with van der Waals surface area (Å²) in [6, 6.07) is 14.3. The molecule has 3 rings (SSSR count). The van der Waals surface area contributed by atoms with Gasteiger partial charge < -0.3 is 40.2 Å². The van der Waals surface area contributed by atoms with E-state index in [2.05, 4.69) is 20.9 Å². The Morgan fingerprint density at radius 3 is 2.36 bits per heavy atom. The molecule has 44 heavy (non-hydrogen) atoms. The lowest BCUT2D eigenvalue weighted by atomic mass is 10.1. The number of nitrogens with zero attached hydrogens (tertiary/aromatic N) is 2. The number of aliphatic carboxylic acids is 1. The number of amides is 4. The number of urea groups is 1. The molecule has 234 valence electrons. The van der Waals surface area contributed by atoms with Crippen LogP contribution in [0.4, 0.5) is 21.9 Å². The molecule has 0 bridgehead atoms. The molecule has 1 atom stereocenters. The van der Waals surface area contributed by atoms with Gasteiger partial charge in [-0.3, -0.25) is 19.4 Å². The summed E-state index contributed by atoms with van der Waals surface area (Å²) in [7, 11) is 4.47. The number of ether oxygens (including phenoxy) is 3. The second-order valence-electron chi connectivity index (χ2n) is 9.79. The molecule has 0 saturated heterocycles. The Morgan fingerprint density at radius 1 is 0.955 bits per heavy atom. The van der Waals surface area contributed by atoms with Crippen LogP contribution in [0.25, 0.3) is 0 Å². The Hall–Kier alpha value is -5.01. The van der Waals surface area contributed by atoms with Gasteiger partial charge in [-0.15, -0.1) is 0 Å². The van der Waals surface area contributed by atoms with Crippen LogP contribution in [0.1, 0.15) is 29.3 Å². The summed E-state index contributed by atoms with van der Waals surface area (Å²) in [6.07, 6.45) is 1.05. The van der Waals surface area contributed by atoms with Gasteiger partial charge in [0.25, 0.3) is 0 Å². The minimum absolute atomic E-state index is 0.00967. The number of anilines is 3. The van der Waals surface area contributed by atoms with E-state index in [-0.39, 0.29) is 32.0 Å². The number of methoxy groups -OCH3 is 2. The van der Waals surface area contributed by atoms with E-state index in [4.69, 9.17) is 14.2 Å². The van der Waals surface area contributed by atoms with Crippen molar-refractivity contribution in [3.63, 3.8) is 0 Å². The molecule has 2 aromatic carbocycles. The van der Waals surface area contributed by atoms with E-state index in [0.717, 1.165) is 5.56 Å². The van der Waals surface area contributed by atoms with Crippen molar-refractivity contribution in [3.8, 4) is 5.75 Å². The van der Waals surface area contributed by atoms with E-state index in [0.29, 0.717) is 40.7 Å². The molecule has 0 saturated carbocycles. The maximum Gasteiger partial charge on any atom is 0.323 e. The van der Waals surface area contributed by atoms with Crippen LogP contribution in [0.5, 0.6) is 5.75 Å². The molecule has 0 spiro atoms. The second-order valence-corrected chi connectivity index (χ2v) is 9.79. The number of hydrogen-bond donors (Lipinski definition) is 4.